The zero-order chi connectivity index (χ0) is 14.8. The lowest BCUT2D eigenvalue weighted by Crippen LogP contribution is -2.20. The molecule has 0 saturated carbocycles. The van der Waals surface area contributed by atoms with Crippen LogP contribution in [0.2, 0.25) is 0 Å². The first-order chi connectivity index (χ1) is 9.43. The van der Waals surface area contributed by atoms with Gasteiger partial charge in [-0.15, -0.1) is 0 Å². The maximum absolute atomic E-state index is 11.9. The van der Waals surface area contributed by atoms with Gasteiger partial charge in [-0.2, -0.15) is 0 Å². The Bertz CT molecular complexity index is 521. The molecule has 1 aliphatic rings. The first kappa shape index (κ1) is 14.7. The van der Waals surface area contributed by atoms with Crippen molar-refractivity contribution in [2.24, 2.45) is 0 Å². The van der Waals surface area contributed by atoms with Gasteiger partial charge in [0, 0.05) is 5.56 Å². The van der Waals surface area contributed by atoms with Crippen LogP contribution in [-0.4, -0.2) is 30.8 Å². The SMILES string of the molecule is CCOC(=O)C(=O)c1cccc(C2COC(C)(C)O2)c1. The molecule has 1 aromatic rings. The highest BCUT2D eigenvalue weighted by Gasteiger charge is 2.33. The molecule has 5 nitrogen and oxygen atoms in total. The van der Waals surface area contributed by atoms with Gasteiger partial charge >= 0.3 is 5.97 Å². The molecule has 108 valence electrons. The molecule has 1 aliphatic heterocycles. The third-order valence-electron chi connectivity index (χ3n) is 2.99. The molecule has 0 aromatic heterocycles. The third kappa shape index (κ3) is 3.23. The van der Waals surface area contributed by atoms with E-state index < -0.39 is 17.5 Å². The molecule has 1 saturated heterocycles. The van der Waals surface area contributed by atoms with Crippen molar-refractivity contribution in [2.45, 2.75) is 32.7 Å². The lowest BCUT2D eigenvalue weighted by atomic mass is 10.0. The van der Waals surface area contributed by atoms with Gasteiger partial charge < -0.3 is 14.2 Å². The normalized spacial score (nSPS) is 20.6. The Labute approximate surface area is 117 Å². The molecule has 1 fully saturated rings. The maximum Gasteiger partial charge on any atom is 0.379 e. The van der Waals surface area contributed by atoms with E-state index >= 15 is 0 Å². The molecule has 1 heterocycles. The molecular formula is C15H18O5. The van der Waals surface area contributed by atoms with Gasteiger partial charge in [-0.1, -0.05) is 18.2 Å². The minimum atomic E-state index is -0.839. The van der Waals surface area contributed by atoms with Crippen LogP contribution in [0.5, 0.6) is 0 Å². The van der Waals surface area contributed by atoms with Gasteiger partial charge in [-0.25, -0.2) is 4.79 Å². The molecule has 0 radical (unpaired) electrons. The predicted molar refractivity (Wildman–Crippen MR) is 71.3 cm³/mol. The van der Waals surface area contributed by atoms with Crippen LogP contribution < -0.4 is 0 Å². The summed E-state index contributed by atoms with van der Waals surface area (Å²) in [6, 6.07) is 6.80. The average Bonchev–Trinajstić information content (AvgIpc) is 2.79. The summed E-state index contributed by atoms with van der Waals surface area (Å²) < 4.78 is 15.9. The summed E-state index contributed by atoms with van der Waals surface area (Å²) in [4.78, 5) is 23.3. The van der Waals surface area contributed by atoms with E-state index in [1.807, 2.05) is 19.9 Å². The fourth-order valence-corrected chi connectivity index (χ4v) is 2.05. The standard InChI is InChI=1S/C15H18O5/c1-4-18-14(17)13(16)11-7-5-6-10(8-11)12-9-19-15(2,3)20-12/h5-8,12H,4,9H2,1-3H3. The molecule has 2 rings (SSSR count). The van der Waals surface area contributed by atoms with Crippen molar-refractivity contribution < 1.29 is 23.8 Å². The van der Waals surface area contributed by atoms with Crippen LogP contribution in [0.25, 0.3) is 0 Å². The molecule has 5 heteroatoms. The number of hydrogen-bond donors (Lipinski definition) is 0. The van der Waals surface area contributed by atoms with E-state index in [-0.39, 0.29) is 12.7 Å². The van der Waals surface area contributed by atoms with Crippen LogP contribution in [0, 0.1) is 0 Å². The predicted octanol–water partition coefficient (Wildman–Crippen LogP) is 2.26. The molecule has 0 bridgehead atoms. The molecule has 0 amide bonds. The first-order valence-electron chi connectivity index (χ1n) is 6.56. The van der Waals surface area contributed by atoms with Crippen LogP contribution >= 0.6 is 0 Å². The summed E-state index contributed by atoms with van der Waals surface area (Å²) in [7, 11) is 0. The molecule has 0 N–H and O–H groups in total. The minimum absolute atomic E-state index is 0.179. The lowest BCUT2D eigenvalue weighted by molar-refractivity contribution is -0.139. The van der Waals surface area contributed by atoms with Crippen molar-refractivity contribution in [3.8, 4) is 0 Å². The zero-order valence-corrected chi connectivity index (χ0v) is 11.8. The highest BCUT2D eigenvalue weighted by molar-refractivity contribution is 6.40. The maximum atomic E-state index is 11.9. The number of benzene rings is 1. The Kier molecular flexibility index (Phi) is 4.20. The number of carbonyl (C=O) groups is 2. The fraction of sp³-hybridized carbons (Fsp3) is 0.467. The van der Waals surface area contributed by atoms with Crippen molar-refractivity contribution in [1.29, 1.82) is 0 Å². The number of rotatable bonds is 4. The summed E-state index contributed by atoms with van der Waals surface area (Å²) in [5.74, 6) is -2.12. The Morgan fingerprint density at radius 3 is 2.75 bits per heavy atom. The van der Waals surface area contributed by atoms with Crippen molar-refractivity contribution in [1.82, 2.24) is 0 Å². The molecule has 1 atom stereocenters. The van der Waals surface area contributed by atoms with Gasteiger partial charge in [0.15, 0.2) is 5.79 Å². The number of ether oxygens (including phenoxy) is 3. The van der Waals surface area contributed by atoms with Crippen LogP contribution in [0.3, 0.4) is 0 Å². The monoisotopic (exact) mass is 278 g/mol. The van der Waals surface area contributed by atoms with Crippen molar-refractivity contribution in [2.75, 3.05) is 13.2 Å². The Morgan fingerprint density at radius 2 is 2.15 bits per heavy atom. The van der Waals surface area contributed by atoms with Gasteiger partial charge in [-0.3, -0.25) is 4.79 Å². The molecule has 20 heavy (non-hydrogen) atoms. The summed E-state index contributed by atoms with van der Waals surface area (Å²) in [6.07, 6.45) is -0.236. The van der Waals surface area contributed by atoms with E-state index in [0.29, 0.717) is 12.2 Å². The lowest BCUT2D eigenvalue weighted by Gasteiger charge is -2.17. The van der Waals surface area contributed by atoms with Gasteiger partial charge in [0.25, 0.3) is 5.78 Å². The van der Waals surface area contributed by atoms with E-state index in [9.17, 15) is 9.59 Å². The van der Waals surface area contributed by atoms with Gasteiger partial charge in [-0.05, 0) is 32.4 Å². The molecule has 0 spiro atoms. The third-order valence-corrected chi connectivity index (χ3v) is 2.99. The smallest absolute Gasteiger partial charge is 0.379 e. The van der Waals surface area contributed by atoms with Crippen molar-refractivity contribution in [3.63, 3.8) is 0 Å². The van der Waals surface area contributed by atoms with Crippen molar-refractivity contribution in [3.05, 3.63) is 35.4 Å². The first-order valence-corrected chi connectivity index (χ1v) is 6.56. The number of ketones is 1. The Hall–Kier alpha value is -1.72. The average molecular weight is 278 g/mol. The summed E-state index contributed by atoms with van der Waals surface area (Å²) in [6.45, 7) is 5.93. The van der Waals surface area contributed by atoms with Gasteiger partial charge in [0.1, 0.15) is 6.10 Å². The van der Waals surface area contributed by atoms with Crippen LogP contribution in [-0.2, 0) is 19.0 Å². The van der Waals surface area contributed by atoms with E-state index in [4.69, 9.17) is 14.2 Å². The highest BCUT2D eigenvalue weighted by Crippen LogP contribution is 2.32. The van der Waals surface area contributed by atoms with Crippen LogP contribution in [0.15, 0.2) is 24.3 Å². The molecule has 1 unspecified atom stereocenters. The number of esters is 1. The Morgan fingerprint density at radius 1 is 1.40 bits per heavy atom. The summed E-state index contributed by atoms with van der Waals surface area (Å²) >= 11 is 0. The van der Waals surface area contributed by atoms with Gasteiger partial charge in [0.05, 0.1) is 13.2 Å². The topological polar surface area (TPSA) is 61.8 Å². The van der Waals surface area contributed by atoms with Gasteiger partial charge in [0.2, 0.25) is 0 Å². The van der Waals surface area contributed by atoms with E-state index in [1.165, 1.54) is 0 Å². The van der Waals surface area contributed by atoms with Crippen LogP contribution in [0.4, 0.5) is 0 Å². The minimum Gasteiger partial charge on any atom is -0.460 e. The summed E-state index contributed by atoms with van der Waals surface area (Å²) in [5.41, 5.74) is 1.11. The number of hydrogen-bond acceptors (Lipinski definition) is 5. The fourth-order valence-electron chi connectivity index (χ4n) is 2.05. The summed E-state index contributed by atoms with van der Waals surface area (Å²) in [5, 5.41) is 0. The van der Waals surface area contributed by atoms with E-state index in [0.717, 1.165) is 5.56 Å². The van der Waals surface area contributed by atoms with Crippen LogP contribution in [0.1, 0.15) is 42.8 Å². The second-order valence-electron chi connectivity index (χ2n) is 4.99. The highest BCUT2D eigenvalue weighted by atomic mass is 16.7. The number of carbonyl (C=O) groups excluding carboxylic acids is 2. The zero-order valence-electron chi connectivity index (χ0n) is 11.8. The van der Waals surface area contributed by atoms with Crippen molar-refractivity contribution >= 4 is 11.8 Å². The molecule has 0 aliphatic carbocycles. The molecular weight excluding hydrogens is 260 g/mol. The van der Waals surface area contributed by atoms with E-state index in [1.54, 1.807) is 25.1 Å². The van der Waals surface area contributed by atoms with E-state index in [2.05, 4.69) is 0 Å². The number of Topliss-reactive ketones (excluding diaryl/α,β-unsaturated/α-hetero) is 1. The second kappa shape index (κ2) is 5.73. The quantitative estimate of drug-likeness (QED) is 0.480. The molecule has 1 aromatic carbocycles. The Balaban J connectivity index is 2.16. The largest absolute Gasteiger partial charge is 0.460 e. The second-order valence-corrected chi connectivity index (χ2v) is 4.99.